The van der Waals surface area contributed by atoms with E-state index in [2.05, 4.69) is 34.1 Å². The van der Waals surface area contributed by atoms with Gasteiger partial charge in [0.05, 0.1) is 6.26 Å². The Hall–Kier alpha value is -2.11. The van der Waals surface area contributed by atoms with Crippen molar-refractivity contribution < 1.29 is 13.9 Å². The Kier molecular flexibility index (Phi) is 5.67. The predicted molar refractivity (Wildman–Crippen MR) is 91.7 cm³/mol. The van der Waals surface area contributed by atoms with Crippen molar-refractivity contribution in [1.29, 1.82) is 0 Å². The number of nitrogens with zero attached hydrogens (tertiary/aromatic N) is 2. The van der Waals surface area contributed by atoms with Crippen LogP contribution >= 0.6 is 0 Å². The van der Waals surface area contributed by atoms with Crippen molar-refractivity contribution in [2.75, 3.05) is 32.7 Å². The maximum absolute atomic E-state index is 11.9. The van der Waals surface area contributed by atoms with E-state index in [0.29, 0.717) is 0 Å². The summed E-state index contributed by atoms with van der Waals surface area (Å²) in [6, 6.07) is 13.9. The number of ether oxygens (including phenoxy) is 1. The third-order valence-corrected chi connectivity index (χ3v) is 4.26. The molecular formula is C19H24N2O3. The summed E-state index contributed by atoms with van der Waals surface area (Å²) < 4.78 is 10.5. The maximum atomic E-state index is 11.9. The zero-order chi connectivity index (χ0) is 16.8. The van der Waals surface area contributed by atoms with Crippen LogP contribution in [0.4, 0.5) is 0 Å². The summed E-state index contributed by atoms with van der Waals surface area (Å²) >= 11 is 0. The van der Waals surface area contributed by atoms with Crippen LogP contribution in [0.1, 0.15) is 23.0 Å². The van der Waals surface area contributed by atoms with Crippen LogP contribution in [-0.2, 0) is 11.3 Å². The van der Waals surface area contributed by atoms with E-state index in [1.54, 1.807) is 12.1 Å². The van der Waals surface area contributed by atoms with Crippen LogP contribution in [0.2, 0.25) is 0 Å². The fourth-order valence-corrected chi connectivity index (χ4v) is 3.01. The first-order chi connectivity index (χ1) is 11.7. The lowest BCUT2D eigenvalue weighted by molar-refractivity contribution is 0.0161. The van der Waals surface area contributed by atoms with Crippen LogP contribution in [-0.4, -0.2) is 54.6 Å². The van der Waals surface area contributed by atoms with Crippen molar-refractivity contribution in [2.45, 2.75) is 19.6 Å². The maximum Gasteiger partial charge on any atom is 0.374 e. The number of carbonyl (C=O) groups excluding carboxylic acids is 1. The molecule has 1 aromatic heterocycles. The van der Waals surface area contributed by atoms with Gasteiger partial charge in [0, 0.05) is 39.3 Å². The molecule has 1 aromatic carbocycles. The number of benzene rings is 1. The molecule has 0 spiro atoms. The van der Waals surface area contributed by atoms with Crippen molar-refractivity contribution >= 4 is 5.97 Å². The molecule has 0 saturated carbocycles. The van der Waals surface area contributed by atoms with Gasteiger partial charge >= 0.3 is 5.97 Å². The Labute approximate surface area is 142 Å². The van der Waals surface area contributed by atoms with E-state index in [9.17, 15) is 4.79 Å². The molecule has 2 aromatic rings. The highest BCUT2D eigenvalue weighted by atomic mass is 16.6. The van der Waals surface area contributed by atoms with Crippen LogP contribution in [0, 0.1) is 0 Å². The second kappa shape index (κ2) is 8.13. The Morgan fingerprint density at radius 2 is 1.79 bits per heavy atom. The Balaban J connectivity index is 1.39. The molecule has 0 aliphatic carbocycles. The van der Waals surface area contributed by atoms with Gasteiger partial charge in [-0.3, -0.25) is 9.80 Å². The van der Waals surface area contributed by atoms with Gasteiger partial charge in [0.15, 0.2) is 0 Å². The minimum atomic E-state index is -0.393. The summed E-state index contributed by atoms with van der Waals surface area (Å²) in [4.78, 5) is 16.7. The topological polar surface area (TPSA) is 45.9 Å². The molecule has 3 rings (SSSR count). The second-order valence-electron chi connectivity index (χ2n) is 6.26. The molecule has 1 aliphatic rings. The first-order valence-corrected chi connectivity index (χ1v) is 8.44. The van der Waals surface area contributed by atoms with Crippen LogP contribution < -0.4 is 0 Å². The molecule has 0 radical (unpaired) electrons. The molecule has 1 saturated heterocycles. The van der Waals surface area contributed by atoms with Gasteiger partial charge in [-0.2, -0.15) is 0 Å². The van der Waals surface area contributed by atoms with E-state index >= 15 is 0 Å². The molecule has 0 N–H and O–H groups in total. The SMILES string of the molecule is C[C@H](CN1CCN(Cc2ccccc2)CC1)OC(=O)c1ccco1. The third-order valence-electron chi connectivity index (χ3n) is 4.26. The number of esters is 1. The van der Waals surface area contributed by atoms with E-state index in [-0.39, 0.29) is 11.9 Å². The summed E-state index contributed by atoms with van der Waals surface area (Å²) in [5, 5.41) is 0. The van der Waals surface area contributed by atoms with Crippen LogP contribution in [0.25, 0.3) is 0 Å². The lowest BCUT2D eigenvalue weighted by Gasteiger charge is -2.35. The second-order valence-corrected chi connectivity index (χ2v) is 6.26. The smallest absolute Gasteiger partial charge is 0.374 e. The molecule has 0 amide bonds. The van der Waals surface area contributed by atoms with E-state index in [1.807, 2.05) is 13.0 Å². The van der Waals surface area contributed by atoms with Gasteiger partial charge in [-0.15, -0.1) is 0 Å². The number of furan rings is 1. The minimum absolute atomic E-state index is 0.150. The molecule has 5 heteroatoms. The Bertz CT molecular complexity index is 619. The summed E-state index contributed by atoms with van der Waals surface area (Å²) in [5.41, 5.74) is 1.35. The monoisotopic (exact) mass is 328 g/mol. The van der Waals surface area contributed by atoms with Crippen molar-refractivity contribution in [3.05, 3.63) is 60.1 Å². The molecule has 2 heterocycles. The number of hydrogen-bond donors (Lipinski definition) is 0. The highest BCUT2D eigenvalue weighted by Crippen LogP contribution is 2.10. The normalized spacial score (nSPS) is 17.5. The highest BCUT2D eigenvalue weighted by Gasteiger charge is 2.21. The summed E-state index contributed by atoms with van der Waals surface area (Å²) in [7, 11) is 0. The average molecular weight is 328 g/mol. The average Bonchev–Trinajstić information content (AvgIpc) is 3.12. The fraction of sp³-hybridized carbons (Fsp3) is 0.421. The van der Waals surface area contributed by atoms with Gasteiger partial charge in [0.25, 0.3) is 0 Å². The van der Waals surface area contributed by atoms with Crippen molar-refractivity contribution in [2.24, 2.45) is 0 Å². The predicted octanol–water partition coefficient (Wildman–Crippen LogP) is 2.64. The molecule has 5 nitrogen and oxygen atoms in total. The molecule has 1 aliphatic heterocycles. The van der Waals surface area contributed by atoms with Crippen molar-refractivity contribution in [3.8, 4) is 0 Å². The lowest BCUT2D eigenvalue weighted by Crippen LogP contribution is -2.48. The van der Waals surface area contributed by atoms with Gasteiger partial charge in [0.2, 0.25) is 5.76 Å². The van der Waals surface area contributed by atoms with E-state index < -0.39 is 5.97 Å². The lowest BCUT2D eigenvalue weighted by atomic mass is 10.2. The standard InChI is InChI=1S/C19H24N2O3/c1-16(24-19(22)18-8-5-13-23-18)14-20-9-11-21(12-10-20)15-17-6-3-2-4-7-17/h2-8,13,16H,9-12,14-15H2,1H3/t16-/m1/s1. The fourth-order valence-electron chi connectivity index (χ4n) is 3.01. The van der Waals surface area contributed by atoms with Gasteiger partial charge in [0.1, 0.15) is 6.10 Å². The largest absolute Gasteiger partial charge is 0.457 e. The van der Waals surface area contributed by atoms with Crippen LogP contribution in [0.5, 0.6) is 0 Å². The molecule has 24 heavy (non-hydrogen) atoms. The Morgan fingerprint density at radius 1 is 1.08 bits per heavy atom. The number of carbonyl (C=O) groups is 1. The molecule has 1 atom stereocenters. The first kappa shape index (κ1) is 16.7. The van der Waals surface area contributed by atoms with Gasteiger partial charge in [-0.25, -0.2) is 4.79 Å². The zero-order valence-electron chi connectivity index (χ0n) is 14.1. The first-order valence-electron chi connectivity index (χ1n) is 8.44. The summed E-state index contributed by atoms with van der Waals surface area (Å²) in [5.74, 6) is -0.134. The molecular weight excluding hydrogens is 304 g/mol. The van der Waals surface area contributed by atoms with Crippen LogP contribution in [0.15, 0.2) is 53.1 Å². The van der Waals surface area contributed by atoms with E-state index in [0.717, 1.165) is 39.3 Å². The van der Waals surface area contributed by atoms with Crippen molar-refractivity contribution in [1.82, 2.24) is 9.80 Å². The minimum Gasteiger partial charge on any atom is -0.457 e. The van der Waals surface area contributed by atoms with E-state index in [4.69, 9.17) is 9.15 Å². The third kappa shape index (κ3) is 4.69. The zero-order valence-corrected chi connectivity index (χ0v) is 14.1. The van der Waals surface area contributed by atoms with E-state index in [1.165, 1.54) is 11.8 Å². The van der Waals surface area contributed by atoms with Gasteiger partial charge < -0.3 is 9.15 Å². The number of rotatable bonds is 6. The van der Waals surface area contributed by atoms with Crippen LogP contribution in [0.3, 0.4) is 0 Å². The van der Waals surface area contributed by atoms with Gasteiger partial charge in [-0.05, 0) is 24.6 Å². The summed E-state index contributed by atoms with van der Waals surface area (Å²) in [6.45, 7) is 7.74. The quantitative estimate of drug-likeness (QED) is 0.763. The molecule has 0 bridgehead atoms. The van der Waals surface area contributed by atoms with Crippen molar-refractivity contribution in [3.63, 3.8) is 0 Å². The molecule has 0 unspecified atom stereocenters. The number of piperazine rings is 1. The Morgan fingerprint density at radius 3 is 2.46 bits per heavy atom. The molecule has 128 valence electrons. The van der Waals surface area contributed by atoms with Gasteiger partial charge in [-0.1, -0.05) is 30.3 Å². The summed E-state index contributed by atoms with van der Waals surface area (Å²) in [6.07, 6.45) is 1.33. The number of hydrogen-bond acceptors (Lipinski definition) is 5. The molecule has 1 fully saturated rings. The highest BCUT2D eigenvalue weighted by molar-refractivity contribution is 5.86.